The lowest BCUT2D eigenvalue weighted by Crippen LogP contribution is -2.31. The number of hydrogen-bond donors (Lipinski definition) is 0. The fourth-order valence-electron chi connectivity index (χ4n) is 3.86. The van der Waals surface area contributed by atoms with Gasteiger partial charge in [0.2, 0.25) is 0 Å². The predicted molar refractivity (Wildman–Crippen MR) is 128 cm³/mol. The number of benzene rings is 1. The Morgan fingerprint density at radius 2 is 1.94 bits per heavy atom. The topological polar surface area (TPSA) is 63.9 Å². The van der Waals surface area contributed by atoms with Gasteiger partial charge in [-0.15, -0.1) is 11.3 Å². The molecule has 0 atom stereocenters. The molecule has 0 aliphatic heterocycles. The van der Waals surface area contributed by atoms with E-state index in [1.807, 2.05) is 55.7 Å². The van der Waals surface area contributed by atoms with Crippen LogP contribution >= 0.6 is 11.3 Å². The van der Waals surface area contributed by atoms with E-state index in [1.165, 1.54) is 12.1 Å². The molecule has 8 heteroatoms. The number of pyridine rings is 2. The highest BCUT2D eigenvalue weighted by atomic mass is 32.1. The van der Waals surface area contributed by atoms with Gasteiger partial charge >= 0.3 is 0 Å². The van der Waals surface area contributed by atoms with Gasteiger partial charge in [0, 0.05) is 18.9 Å². The highest BCUT2D eigenvalue weighted by molar-refractivity contribution is 7.13. The molecule has 5 aromatic rings. The fourth-order valence-corrected chi connectivity index (χ4v) is 4.55. The van der Waals surface area contributed by atoms with Crippen LogP contribution in [0.3, 0.4) is 0 Å². The average molecular weight is 458 g/mol. The molecule has 0 N–H and O–H groups in total. The first kappa shape index (κ1) is 21.0. The zero-order valence-corrected chi connectivity index (χ0v) is 18.9. The monoisotopic (exact) mass is 457 g/mol. The van der Waals surface area contributed by atoms with Gasteiger partial charge in [0.15, 0.2) is 5.65 Å². The van der Waals surface area contributed by atoms with Crippen molar-refractivity contribution in [3.8, 4) is 10.6 Å². The number of carbonyl (C=O) groups is 1. The maximum absolute atomic E-state index is 14.1. The molecule has 1 aromatic carbocycles. The number of fused-ring (bicyclic) bond motifs is 1. The Balaban J connectivity index is 1.68. The summed E-state index contributed by atoms with van der Waals surface area (Å²) in [5, 5.41) is 7.19. The summed E-state index contributed by atoms with van der Waals surface area (Å²) in [6, 6.07) is 17.2. The molecule has 0 unspecified atom stereocenters. The van der Waals surface area contributed by atoms with E-state index in [0.29, 0.717) is 28.0 Å². The summed E-state index contributed by atoms with van der Waals surface area (Å²) < 4.78 is 15.3. The fraction of sp³-hybridized carbons (Fsp3) is 0.120. The second-order valence-electron chi connectivity index (χ2n) is 7.63. The van der Waals surface area contributed by atoms with Gasteiger partial charge in [-0.05, 0) is 60.8 Å². The molecule has 1 amide bonds. The van der Waals surface area contributed by atoms with Crippen LogP contribution in [-0.2, 0) is 13.6 Å². The first-order valence-electron chi connectivity index (χ1n) is 10.4. The summed E-state index contributed by atoms with van der Waals surface area (Å²) in [5.41, 5.74) is 3.87. The molecule has 5 rings (SSSR count). The van der Waals surface area contributed by atoms with Crippen LogP contribution in [0.1, 0.15) is 21.7 Å². The number of aromatic nitrogens is 4. The molecule has 0 saturated carbocycles. The third kappa shape index (κ3) is 4.01. The molecule has 33 heavy (non-hydrogen) atoms. The highest BCUT2D eigenvalue weighted by Gasteiger charge is 2.25. The van der Waals surface area contributed by atoms with Gasteiger partial charge in [-0.25, -0.2) is 9.37 Å². The van der Waals surface area contributed by atoms with Crippen molar-refractivity contribution in [2.24, 2.45) is 7.05 Å². The first-order chi connectivity index (χ1) is 16.0. The van der Waals surface area contributed by atoms with Crippen molar-refractivity contribution in [2.45, 2.75) is 13.5 Å². The van der Waals surface area contributed by atoms with E-state index in [2.05, 4.69) is 10.1 Å². The normalized spacial score (nSPS) is 11.1. The quantitative estimate of drug-likeness (QED) is 0.355. The predicted octanol–water partition coefficient (Wildman–Crippen LogP) is 5.39. The summed E-state index contributed by atoms with van der Waals surface area (Å²) in [4.78, 5) is 25.8. The minimum atomic E-state index is -0.363. The molecule has 0 bridgehead atoms. The lowest BCUT2D eigenvalue weighted by Gasteiger charge is -2.23. The summed E-state index contributed by atoms with van der Waals surface area (Å²) in [6.45, 7) is 2.11. The largest absolute Gasteiger partial charge is 0.302 e. The molecule has 0 fully saturated rings. The lowest BCUT2D eigenvalue weighted by molar-refractivity contribution is 0.0986. The minimum absolute atomic E-state index is 0.228. The number of aryl methyl sites for hydroxylation is 2. The van der Waals surface area contributed by atoms with Crippen LogP contribution in [0.2, 0.25) is 0 Å². The lowest BCUT2D eigenvalue weighted by atomic mass is 10.1. The van der Waals surface area contributed by atoms with Crippen molar-refractivity contribution < 1.29 is 9.18 Å². The molecule has 6 nitrogen and oxygen atoms in total. The van der Waals surface area contributed by atoms with E-state index in [4.69, 9.17) is 4.98 Å². The third-order valence-electron chi connectivity index (χ3n) is 5.40. The minimum Gasteiger partial charge on any atom is -0.302 e. The number of thiophene rings is 1. The zero-order valence-electron chi connectivity index (χ0n) is 18.1. The van der Waals surface area contributed by atoms with Gasteiger partial charge in [0.05, 0.1) is 39.5 Å². The Labute approximate surface area is 194 Å². The first-order valence-corrected chi connectivity index (χ1v) is 11.2. The van der Waals surface area contributed by atoms with Crippen molar-refractivity contribution in [3.63, 3.8) is 0 Å². The summed E-state index contributed by atoms with van der Waals surface area (Å²) >= 11 is 1.56. The molecule has 4 aromatic heterocycles. The summed E-state index contributed by atoms with van der Waals surface area (Å²) in [5.74, 6) is -0.591. The van der Waals surface area contributed by atoms with Crippen molar-refractivity contribution in [2.75, 3.05) is 4.90 Å². The maximum atomic E-state index is 14.1. The second kappa shape index (κ2) is 8.55. The standard InChI is InChI=1S/C25H20FN5OS/c1-16-23-20(14-21(22-7-5-13-33-22)28-24(23)30(2)29-16)25(32)31(15-18-6-3-4-12-27-18)19-10-8-17(26)9-11-19/h3-14H,15H2,1-2H3. The van der Waals surface area contributed by atoms with Gasteiger partial charge in [-0.2, -0.15) is 5.10 Å². The molecule has 0 aliphatic carbocycles. The van der Waals surface area contributed by atoms with Crippen LogP contribution in [0.5, 0.6) is 0 Å². The number of nitrogens with zero attached hydrogens (tertiary/aromatic N) is 5. The maximum Gasteiger partial charge on any atom is 0.259 e. The van der Waals surface area contributed by atoms with E-state index in [1.54, 1.807) is 39.2 Å². The molecule has 0 radical (unpaired) electrons. The van der Waals surface area contributed by atoms with Gasteiger partial charge in [0.1, 0.15) is 5.82 Å². The van der Waals surface area contributed by atoms with Gasteiger partial charge < -0.3 is 4.90 Å². The zero-order chi connectivity index (χ0) is 22.9. The van der Waals surface area contributed by atoms with Crippen LogP contribution in [0.15, 0.2) is 72.2 Å². The number of anilines is 1. The average Bonchev–Trinajstić information content (AvgIpc) is 3.46. The van der Waals surface area contributed by atoms with Gasteiger partial charge in [-0.1, -0.05) is 12.1 Å². The van der Waals surface area contributed by atoms with Crippen LogP contribution in [-0.4, -0.2) is 25.7 Å². The van der Waals surface area contributed by atoms with Gasteiger partial charge in [0.25, 0.3) is 5.91 Å². The number of amides is 1. The smallest absolute Gasteiger partial charge is 0.259 e. The molecule has 164 valence electrons. The summed E-state index contributed by atoms with van der Waals surface area (Å²) in [7, 11) is 1.82. The molecule has 4 heterocycles. The molecular weight excluding hydrogens is 437 g/mol. The number of carbonyl (C=O) groups excluding carboxylic acids is 1. The van der Waals surface area contributed by atoms with Gasteiger partial charge in [-0.3, -0.25) is 14.5 Å². The third-order valence-corrected chi connectivity index (χ3v) is 6.29. The van der Waals surface area contributed by atoms with Crippen molar-refractivity contribution in [3.05, 3.63) is 95.0 Å². The highest BCUT2D eigenvalue weighted by Crippen LogP contribution is 2.31. The van der Waals surface area contributed by atoms with Crippen LogP contribution in [0.25, 0.3) is 21.6 Å². The van der Waals surface area contributed by atoms with E-state index in [-0.39, 0.29) is 18.3 Å². The number of hydrogen-bond acceptors (Lipinski definition) is 5. The van der Waals surface area contributed by atoms with E-state index in [0.717, 1.165) is 16.3 Å². The van der Waals surface area contributed by atoms with Crippen molar-refractivity contribution in [1.29, 1.82) is 0 Å². The Morgan fingerprint density at radius 3 is 2.64 bits per heavy atom. The Bertz CT molecular complexity index is 1430. The Hall–Kier alpha value is -3.91. The second-order valence-corrected chi connectivity index (χ2v) is 8.58. The van der Waals surface area contributed by atoms with Crippen molar-refractivity contribution >= 4 is 34.0 Å². The summed E-state index contributed by atoms with van der Waals surface area (Å²) in [6.07, 6.45) is 1.69. The number of halogens is 1. The van der Waals surface area contributed by atoms with E-state index in [9.17, 15) is 9.18 Å². The van der Waals surface area contributed by atoms with E-state index >= 15 is 0 Å². The van der Waals surface area contributed by atoms with E-state index < -0.39 is 0 Å². The Morgan fingerprint density at radius 1 is 1.12 bits per heavy atom. The molecular formula is C25H20FN5OS. The van der Waals surface area contributed by atoms with Crippen LogP contribution in [0, 0.1) is 12.7 Å². The molecule has 0 saturated heterocycles. The van der Waals surface area contributed by atoms with Crippen LogP contribution < -0.4 is 4.90 Å². The van der Waals surface area contributed by atoms with Crippen molar-refractivity contribution in [1.82, 2.24) is 19.7 Å². The number of rotatable bonds is 5. The van der Waals surface area contributed by atoms with Crippen LogP contribution in [0.4, 0.5) is 10.1 Å². The SMILES string of the molecule is Cc1nn(C)c2nc(-c3cccs3)cc(C(=O)N(Cc3ccccn3)c3ccc(F)cc3)c12. The molecule has 0 aliphatic rings. The Kier molecular flexibility index (Phi) is 5.43. The molecule has 0 spiro atoms.